The zero-order valence-electron chi connectivity index (χ0n) is 8.55. The molecule has 0 fully saturated rings. The summed E-state index contributed by atoms with van der Waals surface area (Å²) in [5.74, 6) is 0.379. The van der Waals surface area contributed by atoms with Gasteiger partial charge in [-0.3, -0.25) is 9.42 Å². The van der Waals surface area contributed by atoms with Gasteiger partial charge in [0.1, 0.15) is 11.3 Å². The van der Waals surface area contributed by atoms with Crippen molar-refractivity contribution < 1.29 is 18.5 Å². The molecule has 1 rings (SSSR count). The van der Waals surface area contributed by atoms with Crippen molar-refractivity contribution in [3.05, 3.63) is 29.3 Å². The van der Waals surface area contributed by atoms with E-state index in [9.17, 15) is 9.46 Å². The number of phosphoric ester groups is 1. The van der Waals surface area contributed by atoms with E-state index < -0.39 is 13.4 Å². The molecule has 17 heavy (non-hydrogen) atoms. The molecule has 0 bridgehead atoms. The van der Waals surface area contributed by atoms with E-state index in [2.05, 4.69) is 4.52 Å². The fourth-order valence-electron chi connectivity index (χ4n) is 0.933. The Hall–Kier alpha value is 0.0400. The van der Waals surface area contributed by atoms with E-state index in [-0.39, 0.29) is 18.1 Å². The molecular formula is C9H10Cl3O4P. The molecule has 0 aliphatic rings. The number of rotatable bonds is 6. The number of halogens is 3. The quantitative estimate of drug-likeness (QED) is 0.635. The van der Waals surface area contributed by atoms with Crippen LogP contribution in [0, 0.1) is 0 Å². The summed E-state index contributed by atoms with van der Waals surface area (Å²) in [6, 6.07) is 5.93. The number of hydrogen-bond donors (Lipinski definition) is 1. The van der Waals surface area contributed by atoms with Crippen LogP contribution >= 0.6 is 42.6 Å². The van der Waals surface area contributed by atoms with Crippen LogP contribution in [0.25, 0.3) is 0 Å². The summed E-state index contributed by atoms with van der Waals surface area (Å²) in [6.45, 7) is 0. The fraction of sp³-hybridized carbons (Fsp3) is 0.333. The molecule has 4 nitrogen and oxygen atoms in total. The second-order valence-electron chi connectivity index (χ2n) is 3.01. The number of alkyl halides is 2. The van der Waals surface area contributed by atoms with Crippen molar-refractivity contribution in [3.63, 3.8) is 0 Å². The van der Waals surface area contributed by atoms with Crippen LogP contribution in [0.1, 0.15) is 6.42 Å². The maximum Gasteiger partial charge on any atom is 0.528 e. The van der Waals surface area contributed by atoms with Crippen molar-refractivity contribution in [1.82, 2.24) is 0 Å². The molecule has 1 aromatic carbocycles. The van der Waals surface area contributed by atoms with Crippen molar-refractivity contribution in [3.8, 4) is 5.75 Å². The van der Waals surface area contributed by atoms with Gasteiger partial charge in [-0.25, -0.2) is 4.57 Å². The highest BCUT2D eigenvalue weighted by Crippen LogP contribution is 2.46. The molecule has 8 heteroatoms. The van der Waals surface area contributed by atoms with Crippen LogP contribution in [0.4, 0.5) is 0 Å². The monoisotopic (exact) mass is 318 g/mol. The Morgan fingerprint density at radius 1 is 1.35 bits per heavy atom. The average Bonchev–Trinajstić information content (AvgIpc) is 2.20. The Morgan fingerprint density at radius 2 is 1.94 bits per heavy atom. The molecule has 0 aliphatic carbocycles. The third-order valence-corrected chi connectivity index (χ3v) is 3.48. The van der Waals surface area contributed by atoms with Crippen molar-refractivity contribution in [2.75, 3.05) is 5.88 Å². The fourth-order valence-corrected chi connectivity index (χ4v) is 2.61. The van der Waals surface area contributed by atoms with Gasteiger partial charge in [0.05, 0.1) is 0 Å². The normalized spacial score (nSPS) is 16.2. The van der Waals surface area contributed by atoms with Gasteiger partial charge in [0.2, 0.25) is 0 Å². The Labute approximate surface area is 114 Å². The highest BCUT2D eigenvalue weighted by atomic mass is 35.5. The summed E-state index contributed by atoms with van der Waals surface area (Å²) in [4.78, 5) is 9.38. The van der Waals surface area contributed by atoms with E-state index in [0.29, 0.717) is 5.02 Å². The second-order valence-corrected chi connectivity index (χ2v) is 5.64. The van der Waals surface area contributed by atoms with Crippen LogP contribution in [0.2, 0.25) is 5.02 Å². The largest absolute Gasteiger partial charge is 0.528 e. The summed E-state index contributed by atoms with van der Waals surface area (Å²) >= 11 is 16.7. The molecule has 0 radical (unpaired) electrons. The Bertz CT molecular complexity index is 398. The zero-order valence-corrected chi connectivity index (χ0v) is 11.7. The number of benzene rings is 1. The van der Waals surface area contributed by atoms with Crippen LogP contribution in [0.5, 0.6) is 5.75 Å². The Morgan fingerprint density at radius 3 is 2.47 bits per heavy atom. The lowest BCUT2D eigenvalue weighted by atomic mass is 10.3. The summed E-state index contributed by atoms with van der Waals surface area (Å²) in [5, 5.41) is 0.489. The van der Waals surface area contributed by atoms with Gasteiger partial charge in [-0.15, -0.1) is 11.6 Å². The summed E-state index contributed by atoms with van der Waals surface area (Å²) < 4.78 is 20.9. The molecule has 0 saturated carbocycles. The average molecular weight is 320 g/mol. The van der Waals surface area contributed by atoms with Crippen molar-refractivity contribution in [2.45, 2.75) is 12.0 Å². The van der Waals surface area contributed by atoms with Gasteiger partial charge in [0, 0.05) is 17.3 Å². The van der Waals surface area contributed by atoms with Gasteiger partial charge in [0.25, 0.3) is 0 Å². The second kappa shape index (κ2) is 6.83. The third-order valence-electron chi connectivity index (χ3n) is 1.62. The molecule has 96 valence electrons. The van der Waals surface area contributed by atoms with Gasteiger partial charge in [-0.2, -0.15) is 0 Å². The molecule has 2 atom stereocenters. The Balaban J connectivity index is 2.59. The first-order valence-corrected chi connectivity index (χ1v) is 7.44. The maximum atomic E-state index is 11.5. The SMILES string of the molecule is O=P(O)(Oc1ccc(Cl)cc1)OC(Cl)CCCl. The highest BCUT2D eigenvalue weighted by molar-refractivity contribution is 7.47. The van der Waals surface area contributed by atoms with Crippen LogP contribution in [0.15, 0.2) is 24.3 Å². The summed E-state index contributed by atoms with van der Waals surface area (Å²) in [5.41, 5.74) is -0.976. The third kappa shape index (κ3) is 5.96. The lowest BCUT2D eigenvalue weighted by Crippen LogP contribution is -2.07. The van der Waals surface area contributed by atoms with Crippen LogP contribution in [-0.2, 0) is 9.09 Å². The first kappa shape index (κ1) is 15.1. The standard InChI is InChI=1S/C9H10Cl3O4P/c10-6-5-9(12)16-17(13,14)15-8-3-1-7(11)2-4-8/h1-4,9H,5-6H2,(H,13,14). The minimum atomic E-state index is -4.25. The predicted molar refractivity (Wildman–Crippen MR) is 68.0 cm³/mol. The minimum absolute atomic E-state index is 0.162. The van der Waals surface area contributed by atoms with E-state index in [0.717, 1.165) is 0 Å². The van der Waals surface area contributed by atoms with Crippen molar-refractivity contribution >= 4 is 42.6 Å². The van der Waals surface area contributed by atoms with Gasteiger partial charge in [-0.1, -0.05) is 23.2 Å². The molecule has 1 aromatic rings. The first-order valence-electron chi connectivity index (χ1n) is 4.59. The van der Waals surface area contributed by atoms with Crippen LogP contribution in [0.3, 0.4) is 0 Å². The van der Waals surface area contributed by atoms with E-state index in [1.807, 2.05) is 0 Å². The Kier molecular flexibility index (Phi) is 6.07. The summed E-state index contributed by atoms with van der Waals surface area (Å²) in [7, 11) is -4.25. The smallest absolute Gasteiger partial charge is 0.404 e. The predicted octanol–water partition coefficient (Wildman–Crippen LogP) is 4.03. The van der Waals surface area contributed by atoms with Crippen molar-refractivity contribution in [2.24, 2.45) is 0 Å². The van der Waals surface area contributed by atoms with Crippen molar-refractivity contribution in [1.29, 1.82) is 0 Å². The lowest BCUT2D eigenvalue weighted by Gasteiger charge is -2.15. The molecular weight excluding hydrogens is 309 g/mol. The van der Waals surface area contributed by atoms with Crippen LogP contribution in [-0.4, -0.2) is 16.3 Å². The minimum Gasteiger partial charge on any atom is -0.404 e. The molecule has 0 saturated heterocycles. The van der Waals surface area contributed by atoms with E-state index in [1.165, 1.54) is 24.3 Å². The number of hydrogen-bond acceptors (Lipinski definition) is 3. The van der Waals surface area contributed by atoms with Crippen LogP contribution < -0.4 is 4.52 Å². The first-order chi connectivity index (χ1) is 7.93. The topological polar surface area (TPSA) is 55.8 Å². The molecule has 0 heterocycles. The van der Waals surface area contributed by atoms with Gasteiger partial charge in [0.15, 0.2) is 0 Å². The molecule has 0 spiro atoms. The van der Waals surface area contributed by atoms with Gasteiger partial charge >= 0.3 is 7.82 Å². The molecule has 0 aromatic heterocycles. The van der Waals surface area contributed by atoms with Gasteiger partial charge in [-0.05, 0) is 24.3 Å². The molecule has 0 aliphatic heterocycles. The highest BCUT2D eigenvalue weighted by Gasteiger charge is 2.26. The van der Waals surface area contributed by atoms with E-state index in [4.69, 9.17) is 39.3 Å². The molecule has 2 unspecified atom stereocenters. The maximum absolute atomic E-state index is 11.5. The van der Waals surface area contributed by atoms with E-state index >= 15 is 0 Å². The van der Waals surface area contributed by atoms with Gasteiger partial charge < -0.3 is 4.52 Å². The van der Waals surface area contributed by atoms with E-state index in [1.54, 1.807) is 0 Å². The summed E-state index contributed by atoms with van der Waals surface area (Å²) in [6.07, 6.45) is 0.234. The molecule has 0 amide bonds. The lowest BCUT2D eigenvalue weighted by molar-refractivity contribution is 0.182. The zero-order chi connectivity index (χ0) is 12.9. The number of phosphoric acid groups is 1. The molecule has 1 N–H and O–H groups in total.